The molecular weight excluding hydrogens is 254 g/mol. The Kier molecular flexibility index (Phi) is 4.40. The minimum absolute atomic E-state index is 0.494. The van der Waals surface area contributed by atoms with Gasteiger partial charge in [-0.1, -0.05) is 35.5 Å². The van der Waals surface area contributed by atoms with Gasteiger partial charge in [-0.3, -0.25) is 0 Å². The Morgan fingerprint density at radius 1 is 1.15 bits per heavy atom. The maximum Gasteiger partial charge on any atom is 0.240 e. The summed E-state index contributed by atoms with van der Waals surface area (Å²) >= 11 is 0. The van der Waals surface area contributed by atoms with Crippen LogP contribution in [0.4, 0.5) is 0 Å². The Balaban J connectivity index is 1.51. The van der Waals surface area contributed by atoms with Gasteiger partial charge in [-0.15, -0.1) is 0 Å². The second-order valence-electron chi connectivity index (χ2n) is 5.03. The molecule has 0 aliphatic carbocycles. The normalized spacial score (nSPS) is 16.4. The van der Waals surface area contributed by atoms with Crippen molar-refractivity contribution in [3.63, 3.8) is 0 Å². The van der Waals surface area contributed by atoms with Crippen LogP contribution in [-0.2, 0) is 17.7 Å². The first-order valence-corrected chi connectivity index (χ1v) is 7.06. The van der Waals surface area contributed by atoms with E-state index < -0.39 is 0 Å². The number of hydrogen-bond donors (Lipinski definition) is 1. The van der Waals surface area contributed by atoms with Gasteiger partial charge >= 0.3 is 0 Å². The predicted molar refractivity (Wildman–Crippen MR) is 74.2 cm³/mol. The van der Waals surface area contributed by atoms with Crippen LogP contribution in [0.15, 0.2) is 34.9 Å². The highest BCUT2D eigenvalue weighted by Crippen LogP contribution is 2.09. The molecule has 0 bridgehead atoms. The van der Waals surface area contributed by atoms with Crippen molar-refractivity contribution >= 4 is 0 Å². The molecule has 1 aromatic carbocycles. The van der Waals surface area contributed by atoms with Gasteiger partial charge in [0.15, 0.2) is 5.82 Å². The topological polar surface area (TPSA) is 60.2 Å². The lowest BCUT2D eigenvalue weighted by Gasteiger charge is -2.22. The molecule has 0 atom stereocenters. The Morgan fingerprint density at radius 3 is 2.75 bits per heavy atom. The summed E-state index contributed by atoms with van der Waals surface area (Å²) in [5.74, 6) is 1.39. The molecule has 0 saturated carbocycles. The monoisotopic (exact) mass is 273 g/mol. The molecule has 1 aliphatic rings. The van der Waals surface area contributed by atoms with Gasteiger partial charge < -0.3 is 14.6 Å². The minimum atomic E-state index is 0.494. The quantitative estimate of drug-likeness (QED) is 0.902. The van der Waals surface area contributed by atoms with Gasteiger partial charge in [0.1, 0.15) is 0 Å². The highest BCUT2D eigenvalue weighted by atomic mass is 16.5. The largest absolute Gasteiger partial charge is 0.381 e. The smallest absolute Gasteiger partial charge is 0.240 e. The summed E-state index contributed by atoms with van der Waals surface area (Å²) in [6, 6.07) is 10.7. The molecule has 1 aromatic heterocycles. The number of nitrogens with one attached hydrogen (secondary N) is 1. The van der Waals surface area contributed by atoms with Gasteiger partial charge in [0.2, 0.25) is 5.89 Å². The van der Waals surface area contributed by atoms with Crippen LogP contribution in [0.2, 0.25) is 0 Å². The van der Waals surface area contributed by atoms with E-state index in [1.54, 1.807) is 0 Å². The van der Waals surface area contributed by atoms with Crippen molar-refractivity contribution in [1.29, 1.82) is 0 Å². The molecule has 2 aromatic rings. The van der Waals surface area contributed by atoms with E-state index in [4.69, 9.17) is 9.26 Å². The second kappa shape index (κ2) is 6.63. The summed E-state index contributed by atoms with van der Waals surface area (Å²) in [7, 11) is 0. The molecule has 1 N–H and O–H groups in total. The first kappa shape index (κ1) is 13.3. The Hall–Kier alpha value is -1.72. The fourth-order valence-electron chi connectivity index (χ4n) is 2.35. The van der Waals surface area contributed by atoms with Gasteiger partial charge in [0.25, 0.3) is 0 Å². The fraction of sp³-hybridized carbons (Fsp3) is 0.467. The van der Waals surface area contributed by atoms with E-state index in [2.05, 4.69) is 27.6 Å². The molecule has 5 nitrogen and oxygen atoms in total. The molecule has 5 heteroatoms. The lowest BCUT2D eigenvalue weighted by molar-refractivity contribution is 0.0768. The van der Waals surface area contributed by atoms with Crippen LogP contribution in [0.5, 0.6) is 0 Å². The Morgan fingerprint density at radius 2 is 1.95 bits per heavy atom. The SMILES string of the molecule is c1ccc(Cc2noc(CNC3CCOCC3)n2)cc1. The third-order valence-corrected chi connectivity index (χ3v) is 3.48. The zero-order chi connectivity index (χ0) is 13.6. The van der Waals surface area contributed by atoms with Crippen LogP contribution < -0.4 is 5.32 Å². The number of nitrogens with zero attached hydrogens (tertiary/aromatic N) is 2. The first-order chi connectivity index (χ1) is 9.90. The minimum Gasteiger partial charge on any atom is -0.381 e. The van der Waals surface area contributed by atoms with Crippen molar-refractivity contribution < 1.29 is 9.26 Å². The third kappa shape index (κ3) is 3.65. The summed E-state index contributed by atoms with van der Waals surface area (Å²) in [6.07, 6.45) is 2.80. The van der Waals surface area contributed by atoms with Crippen molar-refractivity contribution in [3.05, 3.63) is 47.6 Å². The van der Waals surface area contributed by atoms with Crippen molar-refractivity contribution in [3.8, 4) is 0 Å². The third-order valence-electron chi connectivity index (χ3n) is 3.48. The Bertz CT molecular complexity index is 521. The van der Waals surface area contributed by atoms with E-state index in [-0.39, 0.29) is 0 Å². The highest BCUT2D eigenvalue weighted by Gasteiger charge is 2.14. The van der Waals surface area contributed by atoms with Crippen LogP contribution in [0.25, 0.3) is 0 Å². The molecule has 2 heterocycles. The molecule has 0 spiro atoms. The Labute approximate surface area is 118 Å². The van der Waals surface area contributed by atoms with Crippen molar-refractivity contribution in [1.82, 2.24) is 15.5 Å². The lowest BCUT2D eigenvalue weighted by Crippen LogP contribution is -2.34. The highest BCUT2D eigenvalue weighted by molar-refractivity contribution is 5.18. The van der Waals surface area contributed by atoms with Gasteiger partial charge in [-0.05, 0) is 18.4 Å². The van der Waals surface area contributed by atoms with E-state index in [1.165, 1.54) is 5.56 Å². The molecule has 0 radical (unpaired) electrons. The van der Waals surface area contributed by atoms with Crippen LogP contribution in [0.3, 0.4) is 0 Å². The van der Waals surface area contributed by atoms with Crippen LogP contribution in [-0.4, -0.2) is 29.4 Å². The molecule has 0 amide bonds. The van der Waals surface area contributed by atoms with Crippen LogP contribution in [0, 0.1) is 0 Å². The standard InChI is InChI=1S/C15H19N3O2/c1-2-4-12(5-3-1)10-14-17-15(20-18-14)11-16-13-6-8-19-9-7-13/h1-5,13,16H,6-11H2. The molecule has 1 fully saturated rings. The van der Waals surface area contributed by atoms with E-state index >= 15 is 0 Å². The summed E-state index contributed by atoms with van der Waals surface area (Å²) in [6.45, 7) is 2.30. The number of ether oxygens (including phenoxy) is 1. The van der Waals surface area contributed by atoms with E-state index in [0.717, 1.165) is 31.9 Å². The molecule has 20 heavy (non-hydrogen) atoms. The van der Waals surface area contributed by atoms with E-state index in [9.17, 15) is 0 Å². The van der Waals surface area contributed by atoms with Gasteiger partial charge in [0.05, 0.1) is 6.54 Å². The summed E-state index contributed by atoms with van der Waals surface area (Å²) in [4.78, 5) is 4.42. The molecule has 106 valence electrons. The van der Waals surface area contributed by atoms with Gasteiger partial charge in [-0.25, -0.2) is 0 Å². The van der Waals surface area contributed by atoms with Crippen LogP contribution in [0.1, 0.15) is 30.1 Å². The summed E-state index contributed by atoms with van der Waals surface area (Å²) in [5, 5.41) is 7.46. The average molecular weight is 273 g/mol. The zero-order valence-corrected chi connectivity index (χ0v) is 11.4. The number of rotatable bonds is 5. The number of benzene rings is 1. The summed E-state index contributed by atoms with van der Waals surface area (Å²) < 4.78 is 10.6. The summed E-state index contributed by atoms with van der Waals surface area (Å²) in [5.41, 5.74) is 1.19. The fourth-order valence-corrected chi connectivity index (χ4v) is 2.35. The predicted octanol–water partition coefficient (Wildman–Crippen LogP) is 1.93. The van der Waals surface area contributed by atoms with E-state index in [0.29, 0.717) is 24.9 Å². The molecule has 1 aliphatic heterocycles. The maximum absolute atomic E-state index is 5.33. The first-order valence-electron chi connectivity index (χ1n) is 7.06. The molecule has 0 unspecified atom stereocenters. The van der Waals surface area contributed by atoms with E-state index in [1.807, 2.05) is 18.2 Å². The van der Waals surface area contributed by atoms with Gasteiger partial charge in [-0.2, -0.15) is 4.98 Å². The molecule has 3 rings (SSSR count). The average Bonchev–Trinajstić information content (AvgIpc) is 2.95. The molecular formula is C15H19N3O2. The lowest BCUT2D eigenvalue weighted by atomic mass is 10.1. The number of hydrogen-bond acceptors (Lipinski definition) is 5. The second-order valence-corrected chi connectivity index (χ2v) is 5.03. The maximum atomic E-state index is 5.33. The van der Waals surface area contributed by atoms with Crippen LogP contribution >= 0.6 is 0 Å². The molecule has 1 saturated heterocycles. The number of aromatic nitrogens is 2. The van der Waals surface area contributed by atoms with Gasteiger partial charge in [0, 0.05) is 25.7 Å². The zero-order valence-electron chi connectivity index (χ0n) is 11.4. The van der Waals surface area contributed by atoms with Crippen molar-refractivity contribution in [2.75, 3.05) is 13.2 Å². The van der Waals surface area contributed by atoms with Crippen molar-refractivity contribution in [2.45, 2.75) is 31.8 Å². The van der Waals surface area contributed by atoms with Crippen molar-refractivity contribution in [2.24, 2.45) is 0 Å².